The smallest absolute Gasteiger partial charge is 0.308 e. The first-order chi connectivity index (χ1) is 12.1. The Labute approximate surface area is 187 Å². The summed E-state index contributed by atoms with van der Waals surface area (Å²) in [6.07, 6.45) is 6.00. The Morgan fingerprint density at radius 2 is 0.815 bits per heavy atom. The number of ketones is 2. The number of hydrogen-bond acceptors (Lipinski definition) is 6. The second-order valence-electron chi connectivity index (χ2n) is 6.42. The van der Waals surface area contributed by atoms with Gasteiger partial charge in [0.1, 0.15) is 11.6 Å². The minimum absolute atomic E-state index is 0. The van der Waals surface area contributed by atoms with E-state index in [1.54, 1.807) is 0 Å². The Bertz CT molecular complexity index is 383. The van der Waals surface area contributed by atoms with Crippen molar-refractivity contribution in [2.75, 3.05) is 28.2 Å². The maximum atomic E-state index is 11.2. The molecule has 4 unspecified atom stereocenters. The van der Waals surface area contributed by atoms with Crippen molar-refractivity contribution in [3.05, 3.63) is 0 Å². The van der Waals surface area contributed by atoms with Gasteiger partial charge in [0.2, 0.25) is 0 Å². The molecule has 0 aromatic rings. The fourth-order valence-corrected chi connectivity index (χ4v) is 2.62. The zero-order chi connectivity index (χ0) is 20.9. The summed E-state index contributed by atoms with van der Waals surface area (Å²) in [5, 5.41) is 23.2. The van der Waals surface area contributed by atoms with Gasteiger partial charge < -0.3 is 20.8 Å². The Morgan fingerprint density at radius 3 is 0.889 bits per heavy atom. The van der Waals surface area contributed by atoms with Crippen LogP contribution in [0, 0.1) is 23.7 Å². The Kier molecular flexibility index (Phi) is 20.0. The van der Waals surface area contributed by atoms with Crippen molar-refractivity contribution in [3.63, 3.8) is 0 Å². The van der Waals surface area contributed by atoms with Gasteiger partial charge in [0.25, 0.3) is 0 Å². The van der Waals surface area contributed by atoms with Crippen LogP contribution < -0.4 is 10.6 Å². The molecule has 0 aliphatic heterocycles. The van der Waals surface area contributed by atoms with Crippen molar-refractivity contribution in [1.29, 1.82) is 0 Å². The first-order valence-electron chi connectivity index (χ1n) is 8.75. The predicted molar refractivity (Wildman–Crippen MR) is 99.0 cm³/mol. The molecule has 27 heavy (non-hydrogen) atoms. The van der Waals surface area contributed by atoms with Gasteiger partial charge in [0.05, 0.1) is 11.8 Å². The summed E-state index contributed by atoms with van der Waals surface area (Å²) in [6.45, 7) is 2.35. The molecule has 0 aromatic carbocycles. The number of rotatable bonds is 4. The second kappa shape index (κ2) is 17.4. The molecule has 0 aromatic heterocycles. The summed E-state index contributed by atoms with van der Waals surface area (Å²) in [5.41, 5.74) is 0. The molecule has 0 amide bonds. The Hall–Kier alpha value is -0.696. The Morgan fingerprint density at radius 1 is 0.630 bits per heavy atom. The van der Waals surface area contributed by atoms with Crippen molar-refractivity contribution in [3.8, 4) is 0 Å². The number of Topliss-reactive ketones (excluding diaryl/α,β-unsaturated/α-hetero) is 2. The van der Waals surface area contributed by atoms with Crippen molar-refractivity contribution in [2.24, 2.45) is 23.7 Å². The minimum atomic E-state index is -1.34. The van der Waals surface area contributed by atoms with Crippen LogP contribution >= 0.6 is 0 Å². The molecule has 155 valence electrons. The maximum Gasteiger partial charge on any atom is 0.308 e. The molecule has 0 saturated heterocycles. The molecule has 2 fully saturated rings. The molecular weight excluding hydrogens is 429 g/mol. The molecular formula is C18H34N2O6Y. The number of hydrogen-bond donors (Lipinski definition) is 4. The first-order valence-corrected chi connectivity index (χ1v) is 8.75. The molecule has 9 heteroatoms. The van der Waals surface area contributed by atoms with Crippen LogP contribution in [0.4, 0.5) is 0 Å². The fraction of sp³-hybridized carbons (Fsp3) is 0.778. The number of carbonyl (C=O) groups is 4. The SMILES string of the molecule is C1CCC1.CC(=O)C1C(C(C)=O)C(C(=O)O)C1C(=O)O.CNC.CNC.[Y]. The van der Waals surface area contributed by atoms with Gasteiger partial charge in [-0.15, -0.1) is 0 Å². The number of carboxylic acid groups (broad SMARTS) is 2. The first kappa shape index (κ1) is 31.0. The summed E-state index contributed by atoms with van der Waals surface area (Å²) in [7, 11) is 7.50. The third-order valence-electron chi connectivity index (χ3n) is 4.06. The summed E-state index contributed by atoms with van der Waals surface area (Å²) in [4.78, 5) is 44.1. The third kappa shape index (κ3) is 11.0. The number of nitrogens with one attached hydrogen (secondary N) is 2. The van der Waals surface area contributed by atoms with E-state index in [1.165, 1.54) is 39.5 Å². The molecule has 4 atom stereocenters. The van der Waals surface area contributed by atoms with Crippen LogP contribution in [-0.2, 0) is 51.9 Å². The molecule has 8 nitrogen and oxygen atoms in total. The van der Waals surface area contributed by atoms with E-state index in [0.29, 0.717) is 0 Å². The summed E-state index contributed by atoms with van der Waals surface area (Å²) >= 11 is 0. The quantitative estimate of drug-likeness (QED) is 0.486. The average Bonchev–Trinajstić information content (AvgIpc) is 2.34. The largest absolute Gasteiger partial charge is 0.481 e. The van der Waals surface area contributed by atoms with Crippen LogP contribution in [-0.4, -0.2) is 61.9 Å². The molecule has 4 N–H and O–H groups in total. The minimum Gasteiger partial charge on any atom is -0.481 e. The predicted octanol–water partition coefficient (Wildman–Crippen LogP) is 1.04. The van der Waals surface area contributed by atoms with E-state index in [9.17, 15) is 19.2 Å². The van der Waals surface area contributed by atoms with Crippen LogP contribution in [0.5, 0.6) is 0 Å². The number of aliphatic carboxylic acids is 2. The molecule has 2 saturated carbocycles. The van der Waals surface area contributed by atoms with Crippen LogP contribution in [0.3, 0.4) is 0 Å². The van der Waals surface area contributed by atoms with E-state index < -0.39 is 47.2 Å². The molecule has 0 spiro atoms. The monoisotopic (exact) mass is 463 g/mol. The number of carbonyl (C=O) groups excluding carboxylic acids is 2. The molecule has 2 aliphatic rings. The van der Waals surface area contributed by atoms with Gasteiger partial charge in [-0.05, 0) is 42.0 Å². The standard InChI is InChI=1S/C10H12O6.C4H8.2C2H7N.Y/c1-3(11)5-6(4(2)12)8(10(15)16)7(5)9(13)14;1-2-4-3-1;2*1-3-2;/h5-8H,1-2H3,(H,13,14)(H,15,16);1-4H2;2*3H,1-2H3;. The van der Waals surface area contributed by atoms with Crippen LogP contribution in [0.25, 0.3) is 0 Å². The van der Waals surface area contributed by atoms with E-state index in [0.717, 1.165) is 0 Å². The van der Waals surface area contributed by atoms with Crippen LogP contribution in [0.1, 0.15) is 39.5 Å². The fourth-order valence-electron chi connectivity index (χ4n) is 2.62. The van der Waals surface area contributed by atoms with Gasteiger partial charge in [-0.3, -0.25) is 19.2 Å². The van der Waals surface area contributed by atoms with Crippen LogP contribution in [0.15, 0.2) is 0 Å². The van der Waals surface area contributed by atoms with Gasteiger partial charge in [-0.2, -0.15) is 0 Å². The molecule has 2 aliphatic carbocycles. The molecule has 0 bridgehead atoms. The third-order valence-corrected chi connectivity index (χ3v) is 4.06. The van der Waals surface area contributed by atoms with Gasteiger partial charge in [-0.25, -0.2) is 0 Å². The van der Waals surface area contributed by atoms with E-state index in [4.69, 9.17) is 10.2 Å². The zero-order valence-electron chi connectivity index (χ0n) is 17.2. The Balaban J connectivity index is -0.000000431. The van der Waals surface area contributed by atoms with Gasteiger partial charge in [0.15, 0.2) is 0 Å². The second-order valence-corrected chi connectivity index (χ2v) is 6.42. The van der Waals surface area contributed by atoms with E-state index in [2.05, 4.69) is 10.6 Å². The van der Waals surface area contributed by atoms with E-state index >= 15 is 0 Å². The zero-order valence-corrected chi connectivity index (χ0v) is 20.1. The van der Waals surface area contributed by atoms with Gasteiger partial charge in [-0.1, -0.05) is 25.7 Å². The van der Waals surface area contributed by atoms with Crippen LogP contribution in [0.2, 0.25) is 0 Å². The van der Waals surface area contributed by atoms with Gasteiger partial charge in [0, 0.05) is 44.5 Å². The summed E-state index contributed by atoms with van der Waals surface area (Å²) in [5.74, 6) is -8.18. The van der Waals surface area contributed by atoms with Gasteiger partial charge >= 0.3 is 11.9 Å². The normalized spacial score (nSPS) is 24.2. The maximum absolute atomic E-state index is 11.2. The van der Waals surface area contributed by atoms with Crippen molar-refractivity contribution in [2.45, 2.75) is 39.5 Å². The summed E-state index contributed by atoms with van der Waals surface area (Å²) in [6, 6.07) is 0. The molecule has 0 heterocycles. The van der Waals surface area contributed by atoms with Crippen molar-refractivity contribution < 1.29 is 62.1 Å². The number of carboxylic acids is 2. The average molecular weight is 463 g/mol. The molecule has 2 rings (SSSR count). The van der Waals surface area contributed by atoms with E-state index in [-0.39, 0.29) is 32.7 Å². The molecule has 1 radical (unpaired) electrons. The van der Waals surface area contributed by atoms with E-state index in [1.807, 2.05) is 28.2 Å². The van der Waals surface area contributed by atoms with Crippen molar-refractivity contribution in [1.82, 2.24) is 10.6 Å². The van der Waals surface area contributed by atoms with Crippen molar-refractivity contribution >= 4 is 23.5 Å². The summed E-state index contributed by atoms with van der Waals surface area (Å²) < 4.78 is 0. The topological polar surface area (TPSA) is 133 Å².